The van der Waals surface area contributed by atoms with Crippen LogP contribution in [0, 0.1) is 6.92 Å². The van der Waals surface area contributed by atoms with Crippen molar-refractivity contribution in [2.75, 3.05) is 18.4 Å². The molecule has 0 aliphatic heterocycles. The van der Waals surface area contributed by atoms with Gasteiger partial charge in [0, 0.05) is 31.0 Å². The second-order valence-electron chi connectivity index (χ2n) is 6.34. The highest BCUT2D eigenvalue weighted by molar-refractivity contribution is 5.89. The Morgan fingerprint density at radius 2 is 2.17 bits per heavy atom. The molecule has 0 unspecified atom stereocenters. The number of urea groups is 1. The number of rotatable bonds is 6. The van der Waals surface area contributed by atoms with Crippen molar-refractivity contribution in [1.82, 2.24) is 24.5 Å². The molecule has 7 heteroatoms. The largest absolute Gasteiger partial charge is 0.323 e. The lowest BCUT2D eigenvalue weighted by molar-refractivity contribution is 0.211. The summed E-state index contributed by atoms with van der Waals surface area (Å²) >= 11 is 0. The van der Waals surface area contributed by atoms with E-state index in [0.717, 1.165) is 24.2 Å². The predicted molar refractivity (Wildman–Crippen MR) is 93.0 cm³/mol. The third-order valence-corrected chi connectivity index (χ3v) is 4.70. The molecule has 2 aromatic heterocycles. The number of carbonyl (C=O) groups is 1. The third kappa shape index (κ3) is 3.60. The second kappa shape index (κ2) is 7.51. The van der Waals surface area contributed by atoms with E-state index in [1.807, 2.05) is 41.7 Å². The first kappa shape index (κ1) is 16.5. The van der Waals surface area contributed by atoms with Gasteiger partial charge >= 0.3 is 6.03 Å². The average Bonchev–Trinajstić information content (AvgIpc) is 3.31. The first-order chi connectivity index (χ1) is 11.7. The van der Waals surface area contributed by atoms with Crippen molar-refractivity contribution in [3.63, 3.8) is 0 Å². The van der Waals surface area contributed by atoms with Gasteiger partial charge in [0.1, 0.15) is 5.82 Å². The SMILES string of the molecule is CCN(CCn1cccn1)C(=O)Nc1c(C)cnn1C1CCCC1. The molecule has 0 atom stereocenters. The highest BCUT2D eigenvalue weighted by atomic mass is 16.2. The Bertz CT molecular complexity index is 657. The van der Waals surface area contributed by atoms with Crippen molar-refractivity contribution in [3.8, 4) is 0 Å². The molecule has 24 heavy (non-hydrogen) atoms. The summed E-state index contributed by atoms with van der Waals surface area (Å²) in [6.07, 6.45) is 10.3. The van der Waals surface area contributed by atoms with Gasteiger partial charge in [-0.15, -0.1) is 0 Å². The van der Waals surface area contributed by atoms with E-state index in [0.29, 0.717) is 25.7 Å². The number of nitrogens with one attached hydrogen (secondary N) is 1. The van der Waals surface area contributed by atoms with Crippen molar-refractivity contribution in [2.45, 2.75) is 52.1 Å². The van der Waals surface area contributed by atoms with Crippen LogP contribution in [0.25, 0.3) is 0 Å². The molecule has 0 bridgehead atoms. The van der Waals surface area contributed by atoms with E-state index in [1.54, 1.807) is 11.1 Å². The molecular weight excluding hydrogens is 304 g/mol. The van der Waals surface area contributed by atoms with Crippen LogP contribution in [0.15, 0.2) is 24.7 Å². The molecule has 1 aliphatic carbocycles. The molecular formula is C17H26N6O. The minimum absolute atomic E-state index is 0.0764. The van der Waals surface area contributed by atoms with E-state index in [9.17, 15) is 4.79 Å². The average molecular weight is 330 g/mol. The molecule has 2 heterocycles. The van der Waals surface area contributed by atoms with Crippen LogP contribution in [0.3, 0.4) is 0 Å². The molecule has 7 nitrogen and oxygen atoms in total. The number of carbonyl (C=O) groups excluding carboxylic acids is 1. The topological polar surface area (TPSA) is 68.0 Å². The molecule has 0 radical (unpaired) electrons. The van der Waals surface area contributed by atoms with Gasteiger partial charge in [0.2, 0.25) is 0 Å². The zero-order valence-electron chi connectivity index (χ0n) is 14.5. The second-order valence-corrected chi connectivity index (χ2v) is 6.34. The lowest BCUT2D eigenvalue weighted by Crippen LogP contribution is -2.38. The van der Waals surface area contributed by atoms with Crippen molar-refractivity contribution in [2.24, 2.45) is 0 Å². The van der Waals surface area contributed by atoms with Gasteiger partial charge in [-0.3, -0.25) is 10.00 Å². The first-order valence-corrected chi connectivity index (χ1v) is 8.76. The van der Waals surface area contributed by atoms with Gasteiger partial charge in [0.15, 0.2) is 0 Å². The predicted octanol–water partition coefficient (Wildman–Crippen LogP) is 3.06. The molecule has 0 saturated heterocycles. The van der Waals surface area contributed by atoms with E-state index in [2.05, 4.69) is 15.5 Å². The zero-order chi connectivity index (χ0) is 16.9. The summed E-state index contributed by atoms with van der Waals surface area (Å²) in [5, 5.41) is 11.7. The number of hydrogen-bond donors (Lipinski definition) is 1. The van der Waals surface area contributed by atoms with E-state index in [1.165, 1.54) is 12.8 Å². The van der Waals surface area contributed by atoms with Gasteiger partial charge in [-0.05, 0) is 32.8 Å². The summed E-state index contributed by atoms with van der Waals surface area (Å²) in [7, 11) is 0. The molecule has 1 aliphatic rings. The van der Waals surface area contributed by atoms with Crippen molar-refractivity contribution in [3.05, 3.63) is 30.2 Å². The van der Waals surface area contributed by atoms with Gasteiger partial charge in [0.25, 0.3) is 0 Å². The minimum atomic E-state index is -0.0764. The Hall–Kier alpha value is -2.31. The Kier molecular flexibility index (Phi) is 5.17. The van der Waals surface area contributed by atoms with Crippen LogP contribution in [0.1, 0.15) is 44.2 Å². The molecule has 1 fully saturated rings. The number of anilines is 1. The number of hydrogen-bond acceptors (Lipinski definition) is 3. The standard InChI is InChI=1S/C17H26N6O/c1-3-21(11-12-22-10-6-9-18-22)17(24)20-16-14(2)13-19-23(16)15-7-4-5-8-15/h6,9-10,13,15H,3-5,7-8,11-12H2,1-2H3,(H,20,24). The van der Waals surface area contributed by atoms with Crippen LogP contribution < -0.4 is 5.32 Å². The molecule has 3 rings (SSSR count). The number of amides is 2. The van der Waals surface area contributed by atoms with Gasteiger partial charge < -0.3 is 4.90 Å². The minimum Gasteiger partial charge on any atom is -0.323 e. The normalized spacial score (nSPS) is 14.9. The Balaban J connectivity index is 1.65. The first-order valence-electron chi connectivity index (χ1n) is 8.76. The monoisotopic (exact) mass is 330 g/mol. The Morgan fingerprint density at radius 1 is 1.38 bits per heavy atom. The van der Waals surface area contributed by atoms with Crippen LogP contribution in [0.4, 0.5) is 10.6 Å². The number of aromatic nitrogens is 4. The maximum Gasteiger partial charge on any atom is 0.323 e. The number of likely N-dealkylation sites (N-methyl/N-ethyl adjacent to an activating group) is 1. The Morgan fingerprint density at radius 3 is 2.83 bits per heavy atom. The summed E-state index contributed by atoms with van der Waals surface area (Å²) in [4.78, 5) is 14.5. The van der Waals surface area contributed by atoms with Gasteiger partial charge in [-0.2, -0.15) is 10.2 Å². The molecule has 0 spiro atoms. The van der Waals surface area contributed by atoms with Crippen LogP contribution in [-0.2, 0) is 6.54 Å². The summed E-state index contributed by atoms with van der Waals surface area (Å²) in [5.41, 5.74) is 1.01. The van der Waals surface area contributed by atoms with E-state index in [-0.39, 0.29) is 6.03 Å². The Labute approximate surface area is 142 Å². The van der Waals surface area contributed by atoms with Gasteiger partial charge in [-0.1, -0.05) is 12.8 Å². The van der Waals surface area contributed by atoms with E-state index < -0.39 is 0 Å². The summed E-state index contributed by atoms with van der Waals surface area (Å²) < 4.78 is 3.84. The lowest BCUT2D eigenvalue weighted by atomic mass is 10.2. The van der Waals surface area contributed by atoms with Gasteiger partial charge in [-0.25, -0.2) is 9.48 Å². The maximum absolute atomic E-state index is 12.7. The summed E-state index contributed by atoms with van der Waals surface area (Å²) in [6, 6.07) is 2.22. The number of aryl methyl sites for hydroxylation is 1. The van der Waals surface area contributed by atoms with Crippen LogP contribution in [-0.4, -0.2) is 43.6 Å². The molecule has 2 amide bonds. The van der Waals surface area contributed by atoms with Crippen LogP contribution in [0.5, 0.6) is 0 Å². The smallest absolute Gasteiger partial charge is 0.323 e. The zero-order valence-corrected chi connectivity index (χ0v) is 14.5. The van der Waals surface area contributed by atoms with Crippen LogP contribution >= 0.6 is 0 Å². The fraction of sp³-hybridized carbons (Fsp3) is 0.588. The highest BCUT2D eigenvalue weighted by Crippen LogP contribution is 2.32. The molecule has 1 saturated carbocycles. The molecule has 1 N–H and O–H groups in total. The van der Waals surface area contributed by atoms with E-state index in [4.69, 9.17) is 0 Å². The van der Waals surface area contributed by atoms with E-state index >= 15 is 0 Å². The highest BCUT2D eigenvalue weighted by Gasteiger charge is 2.23. The summed E-state index contributed by atoms with van der Waals surface area (Å²) in [6.45, 7) is 5.96. The quantitative estimate of drug-likeness (QED) is 0.885. The summed E-state index contributed by atoms with van der Waals surface area (Å²) in [5.74, 6) is 0.837. The fourth-order valence-corrected chi connectivity index (χ4v) is 3.27. The number of nitrogens with zero attached hydrogens (tertiary/aromatic N) is 5. The third-order valence-electron chi connectivity index (χ3n) is 4.70. The van der Waals surface area contributed by atoms with Crippen molar-refractivity contribution in [1.29, 1.82) is 0 Å². The van der Waals surface area contributed by atoms with Crippen molar-refractivity contribution >= 4 is 11.8 Å². The lowest BCUT2D eigenvalue weighted by Gasteiger charge is -2.23. The molecule has 0 aromatic carbocycles. The van der Waals surface area contributed by atoms with Gasteiger partial charge in [0.05, 0.1) is 18.8 Å². The molecule has 2 aromatic rings. The fourth-order valence-electron chi connectivity index (χ4n) is 3.27. The van der Waals surface area contributed by atoms with Crippen LogP contribution in [0.2, 0.25) is 0 Å². The van der Waals surface area contributed by atoms with Crippen molar-refractivity contribution < 1.29 is 4.79 Å². The maximum atomic E-state index is 12.7. The molecule has 130 valence electrons.